The number of nitrogens with zero attached hydrogens (tertiary/aromatic N) is 3. The van der Waals surface area contributed by atoms with E-state index in [-0.39, 0.29) is 5.56 Å². The summed E-state index contributed by atoms with van der Waals surface area (Å²) in [6.45, 7) is 1.97. The fourth-order valence-corrected chi connectivity index (χ4v) is 3.79. The summed E-state index contributed by atoms with van der Waals surface area (Å²) in [5.41, 5.74) is 1.44. The summed E-state index contributed by atoms with van der Waals surface area (Å²) in [5.74, 6) is 1.05. The normalized spacial score (nSPS) is 11.5. The Morgan fingerprint density at radius 3 is 2.69 bits per heavy atom. The third-order valence-electron chi connectivity index (χ3n) is 3.89. The van der Waals surface area contributed by atoms with E-state index in [2.05, 4.69) is 9.97 Å². The number of hydrogen-bond donors (Lipinski definition) is 0. The minimum Gasteiger partial charge on any atom is -0.267 e. The Labute approximate surface area is 159 Å². The first kappa shape index (κ1) is 16.7. The van der Waals surface area contributed by atoms with Crippen LogP contribution in [0.3, 0.4) is 0 Å². The lowest BCUT2D eigenvalue weighted by Crippen LogP contribution is -2.22. The average molecular weight is 380 g/mol. The molecule has 0 aliphatic carbocycles. The first-order chi connectivity index (χ1) is 12.6. The number of aromatic nitrogens is 3. The summed E-state index contributed by atoms with van der Waals surface area (Å²) in [4.78, 5) is 23.1. The standard InChI is InChI=1S/C20H14ClN3OS/c1-13-12-16-19(26-13)20(25)24(17-8-4-5-11-22-17)18(23-16)10-9-14-6-2-3-7-15(14)21/h2-12H,1H3/b10-9+. The molecule has 0 aliphatic rings. The number of rotatable bonds is 3. The van der Waals surface area contributed by atoms with Gasteiger partial charge < -0.3 is 0 Å². The molecule has 3 heterocycles. The van der Waals surface area contributed by atoms with Gasteiger partial charge in [-0.15, -0.1) is 11.3 Å². The van der Waals surface area contributed by atoms with Crippen LogP contribution in [-0.4, -0.2) is 14.5 Å². The number of pyridine rings is 1. The van der Waals surface area contributed by atoms with Gasteiger partial charge in [-0.1, -0.05) is 35.9 Å². The molecule has 0 N–H and O–H groups in total. The van der Waals surface area contributed by atoms with E-state index in [4.69, 9.17) is 11.6 Å². The van der Waals surface area contributed by atoms with Gasteiger partial charge in [0.1, 0.15) is 16.3 Å². The third kappa shape index (κ3) is 3.07. The van der Waals surface area contributed by atoms with Gasteiger partial charge in [-0.3, -0.25) is 4.79 Å². The second kappa shape index (κ2) is 6.86. The average Bonchev–Trinajstić information content (AvgIpc) is 3.02. The van der Waals surface area contributed by atoms with Gasteiger partial charge in [-0.2, -0.15) is 0 Å². The molecule has 0 bridgehead atoms. The molecule has 0 spiro atoms. The van der Waals surface area contributed by atoms with Gasteiger partial charge in [-0.25, -0.2) is 14.5 Å². The summed E-state index contributed by atoms with van der Waals surface area (Å²) >= 11 is 7.67. The molecule has 1 aromatic carbocycles. The van der Waals surface area contributed by atoms with E-state index in [0.29, 0.717) is 26.9 Å². The molecule has 0 saturated carbocycles. The number of benzene rings is 1. The van der Waals surface area contributed by atoms with Crippen molar-refractivity contribution in [1.82, 2.24) is 14.5 Å². The first-order valence-corrected chi connectivity index (χ1v) is 9.20. The number of thiophene rings is 1. The van der Waals surface area contributed by atoms with Crippen LogP contribution in [0.4, 0.5) is 0 Å². The molecule has 128 valence electrons. The minimum absolute atomic E-state index is 0.120. The topological polar surface area (TPSA) is 47.8 Å². The van der Waals surface area contributed by atoms with E-state index in [0.717, 1.165) is 10.4 Å². The fraction of sp³-hybridized carbons (Fsp3) is 0.0500. The second-order valence-corrected chi connectivity index (χ2v) is 7.39. The van der Waals surface area contributed by atoms with Crippen LogP contribution < -0.4 is 5.56 Å². The Kier molecular flexibility index (Phi) is 4.41. The van der Waals surface area contributed by atoms with Crippen LogP contribution in [-0.2, 0) is 0 Å². The van der Waals surface area contributed by atoms with Crippen molar-refractivity contribution < 1.29 is 0 Å². The highest BCUT2D eigenvalue weighted by atomic mass is 35.5. The summed E-state index contributed by atoms with van der Waals surface area (Å²) in [5, 5.41) is 0.642. The van der Waals surface area contributed by atoms with Crippen LogP contribution in [0.1, 0.15) is 16.3 Å². The Hall–Kier alpha value is -2.76. The monoisotopic (exact) mass is 379 g/mol. The van der Waals surface area contributed by atoms with Crippen molar-refractivity contribution in [2.75, 3.05) is 0 Å². The SMILES string of the molecule is Cc1cc2nc(/C=C/c3ccccc3Cl)n(-c3ccccn3)c(=O)c2s1. The molecule has 6 heteroatoms. The molecule has 0 aliphatic heterocycles. The Morgan fingerprint density at radius 2 is 1.92 bits per heavy atom. The molecule has 0 unspecified atom stereocenters. The Bertz CT molecular complexity index is 1180. The molecule has 0 atom stereocenters. The van der Waals surface area contributed by atoms with Gasteiger partial charge in [0, 0.05) is 16.1 Å². The van der Waals surface area contributed by atoms with Crippen LogP contribution in [0.25, 0.3) is 28.2 Å². The van der Waals surface area contributed by atoms with Crippen molar-refractivity contribution >= 4 is 45.3 Å². The maximum Gasteiger partial charge on any atom is 0.277 e. The van der Waals surface area contributed by atoms with E-state index < -0.39 is 0 Å². The van der Waals surface area contributed by atoms with Crippen molar-refractivity contribution in [1.29, 1.82) is 0 Å². The van der Waals surface area contributed by atoms with Crippen molar-refractivity contribution in [2.45, 2.75) is 6.92 Å². The van der Waals surface area contributed by atoms with E-state index >= 15 is 0 Å². The highest BCUT2D eigenvalue weighted by molar-refractivity contribution is 7.18. The molecule has 0 radical (unpaired) electrons. The first-order valence-electron chi connectivity index (χ1n) is 8.01. The predicted octanol–water partition coefficient (Wildman–Crippen LogP) is 4.97. The van der Waals surface area contributed by atoms with Gasteiger partial charge in [0.2, 0.25) is 0 Å². The number of halogens is 1. The summed E-state index contributed by atoms with van der Waals surface area (Å²) < 4.78 is 2.16. The fourth-order valence-electron chi connectivity index (χ4n) is 2.71. The lowest BCUT2D eigenvalue weighted by Gasteiger charge is -2.08. The van der Waals surface area contributed by atoms with Crippen LogP contribution >= 0.6 is 22.9 Å². The zero-order valence-corrected chi connectivity index (χ0v) is 15.5. The second-order valence-electron chi connectivity index (χ2n) is 5.72. The Morgan fingerprint density at radius 1 is 1.12 bits per heavy atom. The van der Waals surface area contributed by atoms with Crippen LogP contribution in [0.15, 0.2) is 59.5 Å². The lowest BCUT2D eigenvalue weighted by molar-refractivity contribution is 0.907. The maximum atomic E-state index is 13.1. The van der Waals surface area contributed by atoms with Gasteiger partial charge >= 0.3 is 0 Å². The smallest absolute Gasteiger partial charge is 0.267 e. The lowest BCUT2D eigenvalue weighted by atomic mass is 10.2. The summed E-state index contributed by atoms with van der Waals surface area (Å²) in [6.07, 6.45) is 5.31. The number of aryl methyl sites for hydroxylation is 1. The largest absolute Gasteiger partial charge is 0.277 e. The van der Waals surface area contributed by atoms with E-state index in [1.54, 1.807) is 18.3 Å². The Balaban J connectivity index is 1.95. The van der Waals surface area contributed by atoms with Gasteiger partial charge in [0.25, 0.3) is 5.56 Å². The highest BCUT2D eigenvalue weighted by Crippen LogP contribution is 2.23. The molecular formula is C20H14ClN3OS. The van der Waals surface area contributed by atoms with Crippen LogP contribution in [0, 0.1) is 6.92 Å². The molecule has 0 saturated heterocycles. The molecule has 26 heavy (non-hydrogen) atoms. The van der Waals surface area contributed by atoms with Crippen molar-refractivity contribution in [2.24, 2.45) is 0 Å². The quantitative estimate of drug-likeness (QED) is 0.504. The zero-order valence-electron chi connectivity index (χ0n) is 13.9. The van der Waals surface area contributed by atoms with Gasteiger partial charge in [-0.05, 0) is 48.9 Å². The molecular weight excluding hydrogens is 366 g/mol. The molecule has 4 nitrogen and oxygen atoms in total. The van der Waals surface area contributed by atoms with Crippen molar-refractivity contribution in [3.63, 3.8) is 0 Å². The minimum atomic E-state index is -0.120. The summed E-state index contributed by atoms with van der Waals surface area (Å²) in [6, 6.07) is 14.9. The number of fused-ring (bicyclic) bond motifs is 1. The van der Waals surface area contributed by atoms with Gasteiger partial charge in [0.15, 0.2) is 0 Å². The predicted molar refractivity (Wildman–Crippen MR) is 108 cm³/mol. The number of hydrogen-bond acceptors (Lipinski definition) is 4. The van der Waals surface area contributed by atoms with Crippen molar-refractivity contribution in [3.8, 4) is 5.82 Å². The van der Waals surface area contributed by atoms with Crippen LogP contribution in [0.5, 0.6) is 0 Å². The van der Waals surface area contributed by atoms with E-state index in [1.807, 2.05) is 55.5 Å². The molecule has 4 aromatic rings. The molecule has 3 aromatic heterocycles. The molecule has 0 fully saturated rings. The molecule has 0 amide bonds. The van der Waals surface area contributed by atoms with E-state index in [1.165, 1.54) is 15.9 Å². The summed E-state index contributed by atoms with van der Waals surface area (Å²) in [7, 11) is 0. The van der Waals surface area contributed by atoms with Crippen molar-refractivity contribution in [3.05, 3.63) is 86.4 Å². The third-order valence-corrected chi connectivity index (χ3v) is 5.26. The zero-order chi connectivity index (χ0) is 18.1. The maximum absolute atomic E-state index is 13.1. The van der Waals surface area contributed by atoms with E-state index in [9.17, 15) is 4.79 Å². The van der Waals surface area contributed by atoms with Gasteiger partial charge in [0.05, 0.1) is 5.52 Å². The molecule has 4 rings (SSSR count). The highest BCUT2D eigenvalue weighted by Gasteiger charge is 2.14. The van der Waals surface area contributed by atoms with Crippen LogP contribution in [0.2, 0.25) is 5.02 Å².